The normalized spacial score (nSPS) is 10.1. The Hall–Kier alpha value is -2.56. The van der Waals surface area contributed by atoms with Gasteiger partial charge in [-0.3, -0.25) is 0 Å². The van der Waals surface area contributed by atoms with E-state index in [0.717, 1.165) is 6.07 Å². The number of rotatable bonds is 5. The van der Waals surface area contributed by atoms with E-state index in [1.807, 2.05) is 0 Å². The second-order valence-electron chi connectivity index (χ2n) is 4.12. The Morgan fingerprint density at radius 2 is 1.95 bits per heavy atom. The molecule has 1 N–H and O–H groups in total. The molecule has 4 nitrogen and oxygen atoms in total. The van der Waals surface area contributed by atoms with E-state index in [2.05, 4.69) is 0 Å². The molecule has 0 saturated heterocycles. The number of aromatic carboxylic acids is 1. The van der Waals surface area contributed by atoms with E-state index in [1.165, 1.54) is 12.1 Å². The monoisotopic (exact) mass is 276 g/mol. The Bertz CT molecular complexity index is 625. The molecular weight excluding hydrogens is 263 g/mol. The number of benzene rings is 2. The van der Waals surface area contributed by atoms with Crippen molar-refractivity contribution in [3.63, 3.8) is 0 Å². The molecule has 0 amide bonds. The first-order chi connectivity index (χ1) is 9.58. The summed E-state index contributed by atoms with van der Waals surface area (Å²) in [7, 11) is 1.55. The Morgan fingerprint density at radius 1 is 1.20 bits per heavy atom. The highest BCUT2D eigenvalue weighted by Crippen LogP contribution is 2.20. The smallest absolute Gasteiger partial charge is 0.335 e. The van der Waals surface area contributed by atoms with Crippen LogP contribution in [0.3, 0.4) is 0 Å². The molecule has 0 fully saturated rings. The Kier molecular flexibility index (Phi) is 4.20. The fraction of sp³-hybridized carbons (Fsp3) is 0.133. The summed E-state index contributed by atoms with van der Waals surface area (Å²) in [5.41, 5.74) is 0.347. The zero-order chi connectivity index (χ0) is 14.5. The number of carboxylic acid groups (broad SMARTS) is 1. The first-order valence-electron chi connectivity index (χ1n) is 5.88. The van der Waals surface area contributed by atoms with E-state index in [0.29, 0.717) is 17.1 Å². The Labute approximate surface area is 115 Å². The minimum absolute atomic E-state index is 0.0746. The number of hydrogen-bond donors (Lipinski definition) is 1. The maximum Gasteiger partial charge on any atom is 0.335 e. The van der Waals surface area contributed by atoms with Crippen molar-refractivity contribution in [3.05, 3.63) is 59.4 Å². The molecule has 20 heavy (non-hydrogen) atoms. The van der Waals surface area contributed by atoms with Crippen LogP contribution in [0.1, 0.15) is 15.9 Å². The van der Waals surface area contributed by atoms with Gasteiger partial charge in [0.15, 0.2) is 0 Å². The number of carbonyl (C=O) groups is 1. The Morgan fingerprint density at radius 3 is 2.65 bits per heavy atom. The lowest BCUT2D eigenvalue weighted by molar-refractivity contribution is 0.0696. The molecule has 0 aliphatic rings. The predicted molar refractivity (Wildman–Crippen MR) is 70.7 cm³/mol. The van der Waals surface area contributed by atoms with E-state index in [4.69, 9.17) is 14.6 Å². The van der Waals surface area contributed by atoms with Gasteiger partial charge in [-0.2, -0.15) is 0 Å². The lowest BCUT2D eigenvalue weighted by Gasteiger charge is -2.08. The van der Waals surface area contributed by atoms with Crippen LogP contribution in [0, 0.1) is 5.82 Å². The van der Waals surface area contributed by atoms with E-state index in [1.54, 1.807) is 31.4 Å². The highest BCUT2D eigenvalue weighted by Gasteiger charge is 2.07. The number of halogens is 1. The topological polar surface area (TPSA) is 55.8 Å². The van der Waals surface area contributed by atoms with Crippen LogP contribution in [0.25, 0.3) is 0 Å². The maximum absolute atomic E-state index is 13.3. The number of methoxy groups -OCH3 is 1. The van der Waals surface area contributed by atoms with Gasteiger partial charge in [0.1, 0.15) is 23.9 Å². The molecule has 2 aromatic carbocycles. The number of ether oxygens (including phenoxy) is 2. The van der Waals surface area contributed by atoms with Crippen LogP contribution < -0.4 is 9.47 Å². The second kappa shape index (κ2) is 6.06. The highest BCUT2D eigenvalue weighted by atomic mass is 19.1. The van der Waals surface area contributed by atoms with Crippen LogP contribution in [0.2, 0.25) is 0 Å². The summed E-state index contributed by atoms with van der Waals surface area (Å²) in [5.74, 6) is -0.570. The van der Waals surface area contributed by atoms with Gasteiger partial charge in [0.2, 0.25) is 0 Å². The summed E-state index contributed by atoms with van der Waals surface area (Å²) in [6.45, 7) is 0.0746. The SMILES string of the molecule is COc1cccc(OCc2cc(F)cc(C(=O)O)c2)c1. The van der Waals surface area contributed by atoms with Crippen LogP contribution in [-0.4, -0.2) is 18.2 Å². The molecule has 0 aliphatic carbocycles. The van der Waals surface area contributed by atoms with Gasteiger partial charge in [0.05, 0.1) is 12.7 Å². The zero-order valence-corrected chi connectivity index (χ0v) is 10.8. The third-order valence-electron chi connectivity index (χ3n) is 2.65. The van der Waals surface area contributed by atoms with Crippen LogP contribution in [0.15, 0.2) is 42.5 Å². The molecule has 104 valence electrons. The Balaban J connectivity index is 2.12. The summed E-state index contributed by atoms with van der Waals surface area (Å²) in [6, 6.07) is 10.6. The fourth-order valence-electron chi connectivity index (χ4n) is 1.71. The molecule has 0 bridgehead atoms. The van der Waals surface area contributed by atoms with Crippen LogP contribution in [0.4, 0.5) is 4.39 Å². The van der Waals surface area contributed by atoms with Gasteiger partial charge < -0.3 is 14.6 Å². The molecule has 0 spiro atoms. The van der Waals surface area contributed by atoms with Crippen molar-refractivity contribution in [2.24, 2.45) is 0 Å². The third kappa shape index (κ3) is 3.47. The third-order valence-corrected chi connectivity index (χ3v) is 2.65. The minimum Gasteiger partial charge on any atom is -0.497 e. The molecule has 0 atom stereocenters. The second-order valence-corrected chi connectivity index (χ2v) is 4.12. The predicted octanol–water partition coefficient (Wildman–Crippen LogP) is 3.11. The maximum atomic E-state index is 13.3. The number of hydrogen-bond acceptors (Lipinski definition) is 3. The van der Waals surface area contributed by atoms with Crippen molar-refractivity contribution in [1.29, 1.82) is 0 Å². The lowest BCUT2D eigenvalue weighted by Crippen LogP contribution is -2.02. The molecule has 0 aliphatic heterocycles. The molecule has 0 heterocycles. The summed E-state index contributed by atoms with van der Waals surface area (Å²) < 4.78 is 23.8. The van der Waals surface area contributed by atoms with Gasteiger partial charge >= 0.3 is 5.97 Å². The van der Waals surface area contributed by atoms with Gasteiger partial charge in [0.25, 0.3) is 0 Å². The van der Waals surface area contributed by atoms with E-state index < -0.39 is 11.8 Å². The molecule has 5 heteroatoms. The zero-order valence-electron chi connectivity index (χ0n) is 10.8. The molecule has 0 aromatic heterocycles. The lowest BCUT2D eigenvalue weighted by atomic mass is 10.1. The van der Waals surface area contributed by atoms with Gasteiger partial charge in [-0.1, -0.05) is 6.07 Å². The van der Waals surface area contributed by atoms with Crippen molar-refractivity contribution >= 4 is 5.97 Å². The summed E-state index contributed by atoms with van der Waals surface area (Å²) in [5, 5.41) is 8.86. The summed E-state index contributed by atoms with van der Waals surface area (Å²) in [4.78, 5) is 10.8. The molecule has 0 unspecified atom stereocenters. The fourth-order valence-corrected chi connectivity index (χ4v) is 1.71. The van der Waals surface area contributed by atoms with Crippen LogP contribution in [-0.2, 0) is 6.61 Å². The molecule has 2 rings (SSSR count). The van der Waals surface area contributed by atoms with Gasteiger partial charge in [-0.05, 0) is 35.9 Å². The number of carboxylic acids is 1. The van der Waals surface area contributed by atoms with Crippen molar-refractivity contribution in [2.75, 3.05) is 7.11 Å². The standard InChI is InChI=1S/C15H13FO4/c1-19-13-3-2-4-14(8-13)20-9-10-5-11(15(17)18)7-12(16)6-10/h2-8H,9H2,1H3,(H,17,18). The van der Waals surface area contributed by atoms with Gasteiger partial charge in [0, 0.05) is 6.07 Å². The van der Waals surface area contributed by atoms with Crippen LogP contribution in [0.5, 0.6) is 11.5 Å². The first-order valence-corrected chi connectivity index (χ1v) is 5.88. The molecular formula is C15H13FO4. The minimum atomic E-state index is -1.17. The summed E-state index contributed by atoms with van der Waals surface area (Å²) >= 11 is 0. The molecule has 2 aromatic rings. The average Bonchev–Trinajstić information content (AvgIpc) is 2.44. The van der Waals surface area contributed by atoms with Gasteiger partial charge in [-0.15, -0.1) is 0 Å². The molecule has 0 radical (unpaired) electrons. The van der Waals surface area contributed by atoms with E-state index in [-0.39, 0.29) is 12.2 Å². The summed E-state index contributed by atoms with van der Waals surface area (Å²) in [6.07, 6.45) is 0. The first kappa shape index (κ1) is 13.9. The van der Waals surface area contributed by atoms with Crippen molar-refractivity contribution in [1.82, 2.24) is 0 Å². The molecule has 0 saturated carbocycles. The van der Waals surface area contributed by atoms with Crippen molar-refractivity contribution in [2.45, 2.75) is 6.61 Å². The largest absolute Gasteiger partial charge is 0.497 e. The van der Waals surface area contributed by atoms with E-state index in [9.17, 15) is 9.18 Å². The van der Waals surface area contributed by atoms with Crippen molar-refractivity contribution in [3.8, 4) is 11.5 Å². The van der Waals surface area contributed by atoms with Crippen LogP contribution >= 0.6 is 0 Å². The quantitative estimate of drug-likeness (QED) is 0.911. The average molecular weight is 276 g/mol. The highest BCUT2D eigenvalue weighted by molar-refractivity contribution is 5.87. The van der Waals surface area contributed by atoms with E-state index >= 15 is 0 Å². The van der Waals surface area contributed by atoms with Crippen molar-refractivity contribution < 1.29 is 23.8 Å². The van der Waals surface area contributed by atoms with Gasteiger partial charge in [-0.25, -0.2) is 9.18 Å².